The largest absolute Gasteiger partial charge is 0.362 e. The molecule has 3 N–H and O–H groups in total. The third-order valence-corrected chi connectivity index (χ3v) is 6.20. The van der Waals surface area contributed by atoms with Gasteiger partial charge in [-0.15, -0.1) is 0 Å². The molecule has 1 saturated heterocycles. The number of anilines is 2. The fraction of sp³-hybridized carbons (Fsp3) is 0.231. The van der Waals surface area contributed by atoms with E-state index in [2.05, 4.69) is 32.5 Å². The van der Waals surface area contributed by atoms with Gasteiger partial charge in [-0.1, -0.05) is 18.2 Å². The van der Waals surface area contributed by atoms with E-state index in [-0.39, 0.29) is 11.8 Å². The minimum absolute atomic E-state index is 0.154. The summed E-state index contributed by atoms with van der Waals surface area (Å²) < 4.78 is 0. The molecule has 0 bridgehead atoms. The van der Waals surface area contributed by atoms with Crippen molar-refractivity contribution in [3.63, 3.8) is 0 Å². The van der Waals surface area contributed by atoms with Crippen molar-refractivity contribution >= 4 is 34.8 Å². The van der Waals surface area contributed by atoms with Crippen LogP contribution in [0.1, 0.15) is 27.2 Å². The number of fused-ring (bicyclic) bond motifs is 1. The molecule has 3 heterocycles. The highest BCUT2D eigenvalue weighted by Gasteiger charge is 2.24. The van der Waals surface area contributed by atoms with Gasteiger partial charge in [0.1, 0.15) is 0 Å². The average Bonchev–Trinajstić information content (AvgIpc) is 3.44. The molecule has 2 amide bonds. The zero-order valence-electron chi connectivity index (χ0n) is 18.6. The number of aromatic nitrogens is 1. The SMILES string of the molecule is CN1CCN(Cc2ccc(C(=O)Nc3ccc4c(c3)NC(=O)C4=Cc3ccc[nH]3)cc2)CC1. The first-order chi connectivity index (χ1) is 16.0. The van der Waals surface area contributed by atoms with Crippen LogP contribution in [0.4, 0.5) is 11.4 Å². The first-order valence-electron chi connectivity index (χ1n) is 11.2. The highest BCUT2D eigenvalue weighted by Crippen LogP contribution is 2.35. The summed E-state index contributed by atoms with van der Waals surface area (Å²) in [6, 6.07) is 17.0. The first-order valence-corrected chi connectivity index (χ1v) is 11.2. The van der Waals surface area contributed by atoms with Gasteiger partial charge < -0.3 is 20.5 Å². The van der Waals surface area contributed by atoms with Gasteiger partial charge >= 0.3 is 0 Å². The molecule has 0 saturated carbocycles. The summed E-state index contributed by atoms with van der Waals surface area (Å²) in [6.45, 7) is 5.21. The van der Waals surface area contributed by atoms with Crippen LogP contribution in [-0.4, -0.2) is 59.8 Å². The Bertz CT molecular complexity index is 1190. The number of hydrogen-bond acceptors (Lipinski definition) is 4. The molecule has 5 rings (SSSR count). The van der Waals surface area contributed by atoms with Crippen LogP contribution in [0, 0.1) is 0 Å². The number of nitrogens with one attached hydrogen (secondary N) is 3. The minimum atomic E-state index is -0.174. The van der Waals surface area contributed by atoms with Gasteiger partial charge in [-0.05, 0) is 55.1 Å². The molecule has 0 aliphatic carbocycles. The molecule has 2 aliphatic rings. The lowest BCUT2D eigenvalue weighted by Crippen LogP contribution is -2.43. The van der Waals surface area contributed by atoms with Crippen molar-refractivity contribution in [2.45, 2.75) is 6.54 Å². The zero-order chi connectivity index (χ0) is 22.8. The predicted molar refractivity (Wildman–Crippen MR) is 131 cm³/mol. The topological polar surface area (TPSA) is 80.5 Å². The summed E-state index contributed by atoms with van der Waals surface area (Å²) in [5, 5.41) is 5.82. The second-order valence-corrected chi connectivity index (χ2v) is 8.63. The zero-order valence-corrected chi connectivity index (χ0v) is 18.6. The highest BCUT2D eigenvalue weighted by molar-refractivity contribution is 6.35. The number of carbonyl (C=O) groups excluding carboxylic acids is 2. The van der Waals surface area contributed by atoms with Crippen LogP contribution < -0.4 is 10.6 Å². The van der Waals surface area contributed by atoms with Gasteiger partial charge in [-0.2, -0.15) is 0 Å². The van der Waals surface area contributed by atoms with Crippen LogP contribution in [-0.2, 0) is 11.3 Å². The second kappa shape index (κ2) is 9.05. The maximum atomic E-state index is 12.8. The van der Waals surface area contributed by atoms with Crippen LogP contribution in [0.25, 0.3) is 11.6 Å². The number of nitrogens with zero attached hydrogens (tertiary/aromatic N) is 2. The molecule has 0 radical (unpaired) electrons. The summed E-state index contributed by atoms with van der Waals surface area (Å²) in [5.41, 5.74) is 5.43. The lowest BCUT2D eigenvalue weighted by atomic mass is 10.1. The molecule has 3 aromatic rings. The predicted octanol–water partition coefficient (Wildman–Crippen LogP) is 3.51. The number of benzene rings is 2. The number of piperazine rings is 1. The van der Waals surface area contributed by atoms with Gasteiger partial charge in [-0.25, -0.2) is 0 Å². The lowest BCUT2D eigenvalue weighted by molar-refractivity contribution is -0.110. The molecule has 2 aromatic carbocycles. The van der Waals surface area contributed by atoms with Gasteiger partial charge in [0.2, 0.25) is 0 Å². The van der Waals surface area contributed by atoms with E-state index >= 15 is 0 Å². The van der Waals surface area contributed by atoms with Crippen molar-refractivity contribution in [2.24, 2.45) is 0 Å². The van der Waals surface area contributed by atoms with Gasteiger partial charge in [0, 0.05) is 61.4 Å². The Morgan fingerprint density at radius 2 is 1.85 bits per heavy atom. The van der Waals surface area contributed by atoms with E-state index in [9.17, 15) is 9.59 Å². The van der Waals surface area contributed by atoms with E-state index in [0.29, 0.717) is 22.5 Å². The molecule has 0 unspecified atom stereocenters. The van der Waals surface area contributed by atoms with Gasteiger partial charge in [0.15, 0.2) is 0 Å². The van der Waals surface area contributed by atoms with E-state index < -0.39 is 0 Å². The number of H-pyrrole nitrogens is 1. The van der Waals surface area contributed by atoms with Crippen LogP contribution in [0.3, 0.4) is 0 Å². The molecular weight excluding hydrogens is 414 g/mol. The summed E-state index contributed by atoms with van der Waals surface area (Å²) in [7, 11) is 2.15. The van der Waals surface area contributed by atoms with Crippen LogP contribution in [0.5, 0.6) is 0 Å². The van der Waals surface area contributed by atoms with Crippen molar-refractivity contribution in [1.82, 2.24) is 14.8 Å². The third kappa shape index (κ3) is 4.74. The van der Waals surface area contributed by atoms with E-state index in [0.717, 1.165) is 44.0 Å². The molecule has 0 spiro atoms. The van der Waals surface area contributed by atoms with Crippen LogP contribution >= 0.6 is 0 Å². The molecule has 168 valence electrons. The Labute approximate surface area is 193 Å². The summed E-state index contributed by atoms with van der Waals surface area (Å²) in [5.74, 6) is -0.327. The van der Waals surface area contributed by atoms with Crippen molar-refractivity contribution in [3.05, 3.63) is 83.2 Å². The van der Waals surface area contributed by atoms with Crippen LogP contribution in [0.2, 0.25) is 0 Å². The van der Waals surface area contributed by atoms with Crippen molar-refractivity contribution < 1.29 is 9.59 Å². The monoisotopic (exact) mass is 441 g/mol. The lowest BCUT2D eigenvalue weighted by Gasteiger charge is -2.32. The minimum Gasteiger partial charge on any atom is -0.362 e. The summed E-state index contributed by atoms with van der Waals surface area (Å²) in [6.07, 6.45) is 3.64. The Morgan fingerprint density at radius 1 is 1.06 bits per heavy atom. The van der Waals surface area contributed by atoms with E-state index in [1.807, 2.05) is 60.8 Å². The molecule has 1 aromatic heterocycles. The van der Waals surface area contributed by atoms with Crippen LogP contribution in [0.15, 0.2) is 60.8 Å². The normalized spacial score (nSPS) is 17.7. The fourth-order valence-corrected chi connectivity index (χ4v) is 4.23. The third-order valence-electron chi connectivity index (χ3n) is 6.20. The van der Waals surface area contributed by atoms with Gasteiger partial charge in [-0.3, -0.25) is 14.5 Å². The van der Waals surface area contributed by atoms with E-state index in [1.54, 1.807) is 6.07 Å². The Hall–Kier alpha value is -3.68. The summed E-state index contributed by atoms with van der Waals surface area (Å²) in [4.78, 5) is 33.0. The molecule has 7 nitrogen and oxygen atoms in total. The number of aromatic amines is 1. The number of amides is 2. The second-order valence-electron chi connectivity index (χ2n) is 8.63. The maximum absolute atomic E-state index is 12.8. The Kier molecular flexibility index (Phi) is 5.81. The average molecular weight is 442 g/mol. The number of likely N-dealkylation sites (N-methyl/N-ethyl adjacent to an activating group) is 1. The molecule has 7 heteroatoms. The smallest absolute Gasteiger partial charge is 0.256 e. The molecule has 1 fully saturated rings. The number of carbonyl (C=O) groups is 2. The van der Waals surface area contributed by atoms with E-state index in [4.69, 9.17) is 0 Å². The van der Waals surface area contributed by atoms with E-state index in [1.165, 1.54) is 5.56 Å². The van der Waals surface area contributed by atoms with Gasteiger partial charge in [0.25, 0.3) is 11.8 Å². The Balaban J connectivity index is 1.24. The molecule has 2 aliphatic heterocycles. The summed E-state index contributed by atoms with van der Waals surface area (Å²) >= 11 is 0. The van der Waals surface area contributed by atoms with Gasteiger partial charge in [0.05, 0.1) is 11.3 Å². The number of hydrogen-bond donors (Lipinski definition) is 3. The molecule has 33 heavy (non-hydrogen) atoms. The Morgan fingerprint density at radius 3 is 2.58 bits per heavy atom. The molecular formula is C26H27N5O2. The van der Waals surface area contributed by atoms with Crippen molar-refractivity contribution in [1.29, 1.82) is 0 Å². The maximum Gasteiger partial charge on any atom is 0.256 e. The fourth-order valence-electron chi connectivity index (χ4n) is 4.23. The van der Waals surface area contributed by atoms with Crippen molar-refractivity contribution in [2.75, 3.05) is 43.9 Å². The quantitative estimate of drug-likeness (QED) is 0.530. The standard InChI is InChI=1S/C26H27N5O2/c1-30-11-13-31(14-12-30)17-18-4-6-19(7-5-18)25(32)28-21-8-9-22-23(15-20-3-2-10-27-20)26(33)29-24(22)16-21/h2-10,15-16,27H,11-14,17H2,1H3,(H,28,32)(H,29,33). The highest BCUT2D eigenvalue weighted by atomic mass is 16.2. The molecule has 0 atom stereocenters. The van der Waals surface area contributed by atoms with Crippen molar-refractivity contribution in [3.8, 4) is 0 Å². The first kappa shape index (κ1) is 21.2. The number of rotatable bonds is 5.